The molecule has 0 saturated carbocycles. The van der Waals surface area contributed by atoms with E-state index in [1.165, 1.54) is 21.6 Å². The van der Waals surface area contributed by atoms with Gasteiger partial charge in [0, 0.05) is 5.39 Å². The van der Waals surface area contributed by atoms with E-state index in [1.54, 1.807) is 0 Å². The highest BCUT2D eigenvalue weighted by atomic mass is 79.9. The highest BCUT2D eigenvalue weighted by Crippen LogP contribution is 2.41. The number of rotatable bonds is 1. The van der Waals surface area contributed by atoms with Gasteiger partial charge in [0.1, 0.15) is 3.23 Å². The molecule has 0 aliphatic heterocycles. The van der Waals surface area contributed by atoms with Crippen LogP contribution < -0.4 is 0 Å². The van der Waals surface area contributed by atoms with Crippen LogP contribution in [0.2, 0.25) is 0 Å². The van der Waals surface area contributed by atoms with Crippen LogP contribution in [0.5, 0.6) is 0 Å². The Kier molecular flexibility index (Phi) is 2.47. The van der Waals surface area contributed by atoms with E-state index in [0.29, 0.717) is 0 Å². The summed E-state index contributed by atoms with van der Waals surface area (Å²) in [5.74, 6) is 0. The molecule has 0 atom stereocenters. The van der Waals surface area contributed by atoms with Gasteiger partial charge in [-0.3, -0.25) is 0 Å². The topological polar surface area (TPSA) is 12.9 Å². The van der Waals surface area contributed by atoms with Gasteiger partial charge in [0.05, 0.1) is 10.4 Å². The number of benzene rings is 1. The van der Waals surface area contributed by atoms with Gasteiger partial charge in [0.15, 0.2) is 0 Å². The molecule has 0 spiro atoms. The van der Waals surface area contributed by atoms with E-state index in [0.717, 1.165) is 5.69 Å². The van der Waals surface area contributed by atoms with E-state index in [4.69, 9.17) is 0 Å². The third-order valence-corrected chi connectivity index (χ3v) is 3.37. The second-order valence-corrected chi connectivity index (χ2v) is 7.96. The Labute approximate surface area is 97.6 Å². The van der Waals surface area contributed by atoms with E-state index in [-0.39, 0.29) is 3.23 Å². The van der Waals surface area contributed by atoms with E-state index in [2.05, 4.69) is 48.4 Å². The van der Waals surface area contributed by atoms with Crippen molar-refractivity contribution in [3.8, 4) is 0 Å². The number of halogens is 2. The van der Waals surface area contributed by atoms with Gasteiger partial charge in [-0.2, -0.15) is 4.37 Å². The van der Waals surface area contributed by atoms with Crippen LogP contribution in [0.15, 0.2) is 24.3 Å². The first-order valence-electron chi connectivity index (χ1n) is 3.82. The Bertz CT molecular complexity index is 430. The van der Waals surface area contributed by atoms with Gasteiger partial charge in [0.2, 0.25) is 0 Å². The molecule has 0 fully saturated rings. The number of fused-ring (bicyclic) bond motifs is 1. The molecule has 0 saturated heterocycles. The molecule has 1 nitrogen and oxygen atoms in total. The van der Waals surface area contributed by atoms with E-state index in [1.807, 2.05) is 19.1 Å². The first-order chi connectivity index (χ1) is 6.09. The Morgan fingerprint density at radius 2 is 2.00 bits per heavy atom. The molecule has 13 heavy (non-hydrogen) atoms. The third-order valence-electron chi connectivity index (χ3n) is 1.79. The first-order valence-corrected chi connectivity index (χ1v) is 6.18. The summed E-state index contributed by atoms with van der Waals surface area (Å²) >= 11 is 8.63. The average Bonchev–Trinajstić information content (AvgIpc) is 2.45. The van der Waals surface area contributed by atoms with Crippen molar-refractivity contribution in [1.29, 1.82) is 0 Å². The largest absolute Gasteiger partial charge is 0.194 e. The summed E-state index contributed by atoms with van der Waals surface area (Å²) in [6, 6.07) is 8.24. The zero-order valence-electron chi connectivity index (χ0n) is 6.92. The van der Waals surface area contributed by atoms with Gasteiger partial charge >= 0.3 is 0 Å². The molecule has 1 aromatic heterocycles. The van der Waals surface area contributed by atoms with E-state index in [9.17, 15) is 0 Å². The summed E-state index contributed by atoms with van der Waals surface area (Å²) in [5.41, 5.74) is 1.05. The fourth-order valence-electron chi connectivity index (χ4n) is 1.20. The SMILES string of the molecule is CC(Br)(Br)c1nsc2ccccc12. The minimum Gasteiger partial charge on any atom is -0.194 e. The molecule has 0 unspecified atom stereocenters. The number of hydrogen-bond acceptors (Lipinski definition) is 2. The molecule has 0 bridgehead atoms. The molecular formula is C9H7Br2NS. The van der Waals surface area contributed by atoms with Crippen LogP contribution in [-0.4, -0.2) is 4.37 Å². The molecule has 0 aliphatic rings. The second kappa shape index (κ2) is 3.33. The Morgan fingerprint density at radius 3 is 2.69 bits per heavy atom. The van der Waals surface area contributed by atoms with E-state index < -0.39 is 0 Å². The van der Waals surface area contributed by atoms with Crippen molar-refractivity contribution in [3.63, 3.8) is 0 Å². The summed E-state index contributed by atoms with van der Waals surface area (Å²) in [7, 11) is 0. The van der Waals surface area contributed by atoms with Crippen LogP contribution in [0.1, 0.15) is 12.6 Å². The molecule has 0 radical (unpaired) electrons. The van der Waals surface area contributed by atoms with Gasteiger partial charge in [-0.05, 0) is 24.5 Å². The average molecular weight is 321 g/mol. The van der Waals surface area contributed by atoms with Crippen LogP contribution in [0, 0.1) is 0 Å². The van der Waals surface area contributed by atoms with Crippen molar-refractivity contribution in [1.82, 2.24) is 4.37 Å². The zero-order valence-corrected chi connectivity index (χ0v) is 10.9. The molecule has 2 aromatic rings. The molecule has 4 heteroatoms. The maximum absolute atomic E-state index is 4.41. The van der Waals surface area contributed by atoms with Crippen LogP contribution in [0.25, 0.3) is 10.1 Å². The van der Waals surface area contributed by atoms with Crippen molar-refractivity contribution in [2.24, 2.45) is 0 Å². The maximum Gasteiger partial charge on any atom is 0.121 e. The number of nitrogens with zero attached hydrogens (tertiary/aromatic N) is 1. The van der Waals surface area contributed by atoms with Gasteiger partial charge in [-0.15, -0.1) is 0 Å². The molecule has 68 valence electrons. The molecule has 0 aliphatic carbocycles. The van der Waals surface area contributed by atoms with Gasteiger partial charge in [0.25, 0.3) is 0 Å². The lowest BCUT2D eigenvalue weighted by Gasteiger charge is -2.10. The molecule has 2 rings (SSSR count). The van der Waals surface area contributed by atoms with Gasteiger partial charge in [-0.25, -0.2) is 0 Å². The molecule has 1 aromatic carbocycles. The Hall–Kier alpha value is 0.0700. The highest BCUT2D eigenvalue weighted by molar-refractivity contribution is 9.24. The monoisotopic (exact) mass is 319 g/mol. The molecular weight excluding hydrogens is 314 g/mol. The van der Waals surface area contributed by atoms with E-state index >= 15 is 0 Å². The summed E-state index contributed by atoms with van der Waals surface area (Å²) < 4.78 is 5.42. The predicted molar refractivity (Wildman–Crippen MR) is 64.8 cm³/mol. The van der Waals surface area contributed by atoms with Crippen LogP contribution in [0.3, 0.4) is 0 Å². The van der Waals surface area contributed by atoms with Crippen LogP contribution in [0.4, 0.5) is 0 Å². The fraction of sp³-hybridized carbons (Fsp3) is 0.222. The Morgan fingerprint density at radius 1 is 1.31 bits per heavy atom. The first kappa shape index (κ1) is 9.62. The predicted octanol–water partition coefficient (Wildman–Crippen LogP) is 4.26. The third kappa shape index (κ3) is 1.80. The smallest absolute Gasteiger partial charge is 0.121 e. The normalized spacial score (nSPS) is 12.2. The lowest BCUT2D eigenvalue weighted by molar-refractivity contribution is 1.03. The zero-order chi connectivity index (χ0) is 9.47. The van der Waals surface area contributed by atoms with Gasteiger partial charge in [-0.1, -0.05) is 50.1 Å². The summed E-state index contributed by atoms with van der Waals surface area (Å²) in [5, 5.41) is 1.21. The van der Waals surface area contributed by atoms with Crippen molar-refractivity contribution < 1.29 is 0 Å². The number of hydrogen-bond donors (Lipinski definition) is 0. The lowest BCUT2D eigenvalue weighted by atomic mass is 10.2. The second-order valence-electron chi connectivity index (χ2n) is 2.92. The molecule has 0 amide bonds. The minimum atomic E-state index is -0.223. The summed E-state index contributed by atoms with van der Waals surface area (Å²) in [6.07, 6.45) is 0. The minimum absolute atomic E-state index is 0.223. The molecule has 0 N–H and O–H groups in total. The Balaban J connectivity index is 2.72. The number of aromatic nitrogens is 1. The number of alkyl halides is 2. The van der Waals surface area contributed by atoms with Crippen LogP contribution >= 0.6 is 43.4 Å². The molecule has 1 heterocycles. The summed E-state index contributed by atoms with van der Waals surface area (Å²) in [6.45, 7) is 2.04. The van der Waals surface area contributed by atoms with Crippen molar-refractivity contribution in [2.75, 3.05) is 0 Å². The standard InChI is InChI=1S/C9H7Br2NS/c1-9(10,11)8-6-4-2-3-5-7(6)13-12-8/h2-5H,1H3. The summed E-state index contributed by atoms with van der Waals surface area (Å²) in [4.78, 5) is 0. The maximum atomic E-state index is 4.41. The van der Waals surface area contributed by atoms with Gasteiger partial charge < -0.3 is 0 Å². The van der Waals surface area contributed by atoms with Crippen LogP contribution in [-0.2, 0) is 3.23 Å². The van der Waals surface area contributed by atoms with Crippen molar-refractivity contribution in [3.05, 3.63) is 30.0 Å². The highest BCUT2D eigenvalue weighted by Gasteiger charge is 2.23. The van der Waals surface area contributed by atoms with Crippen molar-refractivity contribution >= 4 is 53.5 Å². The fourth-order valence-corrected chi connectivity index (χ4v) is 2.91. The lowest BCUT2D eigenvalue weighted by Crippen LogP contribution is -2.02. The van der Waals surface area contributed by atoms with Crippen molar-refractivity contribution in [2.45, 2.75) is 10.2 Å². The quantitative estimate of drug-likeness (QED) is 0.715.